The molecule has 0 bridgehead atoms. The molecule has 0 saturated carbocycles. The Morgan fingerprint density at radius 2 is 1.33 bits per heavy atom. The summed E-state index contributed by atoms with van der Waals surface area (Å²) in [5.41, 5.74) is 3.72. The van der Waals surface area contributed by atoms with Gasteiger partial charge in [-0.05, 0) is 35.3 Å². The zero-order chi connectivity index (χ0) is 23.3. The van der Waals surface area contributed by atoms with Gasteiger partial charge in [0, 0.05) is 22.0 Å². The van der Waals surface area contributed by atoms with Crippen molar-refractivity contribution in [3.05, 3.63) is 120 Å². The zero-order valence-electron chi connectivity index (χ0n) is 18.6. The lowest BCUT2D eigenvalue weighted by Gasteiger charge is -2.24. The minimum atomic E-state index is -3.18. The fraction of sp³-hybridized carbons (Fsp3) is 0.0690. The molecule has 0 aliphatic rings. The van der Waals surface area contributed by atoms with Crippen molar-refractivity contribution in [3.8, 4) is 11.1 Å². The summed E-state index contributed by atoms with van der Waals surface area (Å²) in [6, 6.07) is 33.1. The van der Waals surface area contributed by atoms with Gasteiger partial charge in [0.05, 0.1) is 7.11 Å². The molecule has 3 nitrogen and oxygen atoms in total. The monoisotopic (exact) mass is 452 g/mol. The standard InChI is InChI=1S/C29H25O3P/c1-22-12-11-13-23(20-21-28(30)32-2)29(22)26-18-9-10-19-27(26)33(31,24-14-5-3-6-15-24)25-16-7-4-8-17-25/h3-21H,1-2H3/b21-20+. The maximum atomic E-state index is 15.1. The Balaban J connectivity index is 2.01. The highest BCUT2D eigenvalue weighted by molar-refractivity contribution is 7.85. The molecule has 4 aromatic carbocycles. The topological polar surface area (TPSA) is 43.4 Å². The lowest BCUT2D eigenvalue weighted by Crippen LogP contribution is -2.26. The molecule has 0 N–H and O–H groups in total. The zero-order valence-corrected chi connectivity index (χ0v) is 19.5. The molecule has 4 heteroatoms. The molecule has 33 heavy (non-hydrogen) atoms. The van der Waals surface area contributed by atoms with E-state index in [9.17, 15) is 4.79 Å². The summed E-state index contributed by atoms with van der Waals surface area (Å²) in [4.78, 5) is 11.8. The van der Waals surface area contributed by atoms with Crippen molar-refractivity contribution in [2.75, 3.05) is 7.11 Å². The third kappa shape index (κ3) is 4.46. The maximum Gasteiger partial charge on any atom is 0.330 e. The van der Waals surface area contributed by atoms with Crippen LogP contribution in [0.1, 0.15) is 11.1 Å². The van der Waals surface area contributed by atoms with E-state index in [2.05, 4.69) is 0 Å². The smallest absolute Gasteiger partial charge is 0.330 e. The van der Waals surface area contributed by atoms with E-state index >= 15 is 4.57 Å². The minimum absolute atomic E-state index is 0.421. The fourth-order valence-electron chi connectivity index (χ4n) is 4.09. The summed E-state index contributed by atoms with van der Waals surface area (Å²) in [5.74, 6) is -0.421. The van der Waals surface area contributed by atoms with Crippen LogP contribution in [0.2, 0.25) is 0 Å². The van der Waals surface area contributed by atoms with Crippen LogP contribution in [0.25, 0.3) is 17.2 Å². The Bertz CT molecular complexity index is 1300. The highest BCUT2D eigenvalue weighted by Gasteiger charge is 2.32. The van der Waals surface area contributed by atoms with Crippen LogP contribution >= 0.6 is 7.14 Å². The van der Waals surface area contributed by atoms with Crippen molar-refractivity contribution < 1.29 is 14.1 Å². The minimum Gasteiger partial charge on any atom is -0.466 e. The molecule has 164 valence electrons. The van der Waals surface area contributed by atoms with Crippen LogP contribution in [-0.4, -0.2) is 13.1 Å². The number of hydrogen-bond donors (Lipinski definition) is 0. The van der Waals surface area contributed by atoms with Gasteiger partial charge in [-0.2, -0.15) is 0 Å². The van der Waals surface area contributed by atoms with Crippen LogP contribution in [0.5, 0.6) is 0 Å². The predicted octanol–water partition coefficient (Wildman–Crippen LogP) is 5.49. The number of ether oxygens (including phenoxy) is 1. The second-order valence-corrected chi connectivity index (χ2v) is 10.4. The van der Waals surface area contributed by atoms with Gasteiger partial charge in [0.15, 0.2) is 7.14 Å². The number of methoxy groups -OCH3 is 1. The predicted molar refractivity (Wildman–Crippen MR) is 137 cm³/mol. The lowest BCUT2D eigenvalue weighted by molar-refractivity contribution is -0.134. The first-order chi connectivity index (χ1) is 16.1. The van der Waals surface area contributed by atoms with Gasteiger partial charge in [0.2, 0.25) is 0 Å². The van der Waals surface area contributed by atoms with Crippen LogP contribution in [0.15, 0.2) is 109 Å². The van der Waals surface area contributed by atoms with Crippen LogP contribution in [0, 0.1) is 6.92 Å². The second kappa shape index (κ2) is 9.85. The normalized spacial score (nSPS) is 11.5. The van der Waals surface area contributed by atoms with E-state index in [0.29, 0.717) is 0 Å². The molecular weight excluding hydrogens is 427 g/mol. The van der Waals surface area contributed by atoms with Gasteiger partial charge in [0.1, 0.15) is 0 Å². The molecule has 0 fully saturated rings. The summed E-state index contributed by atoms with van der Waals surface area (Å²) >= 11 is 0. The Morgan fingerprint density at radius 1 is 0.758 bits per heavy atom. The van der Waals surface area contributed by atoms with E-state index in [1.54, 1.807) is 6.08 Å². The molecule has 4 rings (SSSR count). The molecule has 0 spiro atoms. The van der Waals surface area contributed by atoms with Gasteiger partial charge >= 0.3 is 5.97 Å². The molecule has 0 amide bonds. The maximum absolute atomic E-state index is 15.1. The first-order valence-electron chi connectivity index (χ1n) is 10.7. The molecule has 0 heterocycles. The number of carbonyl (C=O) groups excluding carboxylic acids is 1. The van der Waals surface area contributed by atoms with Crippen molar-refractivity contribution >= 4 is 35.1 Å². The molecule has 4 aromatic rings. The van der Waals surface area contributed by atoms with E-state index < -0.39 is 13.1 Å². The van der Waals surface area contributed by atoms with Crippen LogP contribution in [0.4, 0.5) is 0 Å². The Kier molecular flexibility index (Phi) is 6.72. The number of carbonyl (C=O) groups is 1. The molecule has 0 aromatic heterocycles. The quantitative estimate of drug-likeness (QED) is 0.221. The first kappa shape index (κ1) is 22.5. The molecule has 0 saturated heterocycles. The fourth-order valence-corrected chi connectivity index (χ4v) is 6.95. The number of hydrogen-bond acceptors (Lipinski definition) is 3. The molecular formula is C29H25O3P. The van der Waals surface area contributed by atoms with Gasteiger partial charge in [-0.1, -0.05) is 103 Å². The van der Waals surface area contributed by atoms with E-state index in [4.69, 9.17) is 4.74 Å². The lowest BCUT2D eigenvalue weighted by atomic mass is 9.94. The van der Waals surface area contributed by atoms with Gasteiger partial charge in [-0.25, -0.2) is 4.79 Å². The Hall–Kier alpha value is -3.68. The molecule has 0 unspecified atom stereocenters. The highest BCUT2D eigenvalue weighted by atomic mass is 31.2. The van der Waals surface area contributed by atoms with Crippen molar-refractivity contribution in [2.45, 2.75) is 6.92 Å². The summed E-state index contributed by atoms with van der Waals surface area (Å²) in [5, 5.41) is 2.33. The van der Waals surface area contributed by atoms with Gasteiger partial charge in [-0.3, -0.25) is 0 Å². The summed E-state index contributed by atoms with van der Waals surface area (Å²) in [6.07, 6.45) is 3.16. The number of benzene rings is 4. The third-order valence-electron chi connectivity index (χ3n) is 5.66. The third-order valence-corrected chi connectivity index (χ3v) is 8.78. The molecule has 0 aliphatic carbocycles. The summed E-state index contributed by atoms with van der Waals surface area (Å²) in [7, 11) is -1.82. The van der Waals surface area contributed by atoms with Crippen LogP contribution in [-0.2, 0) is 14.1 Å². The average Bonchev–Trinajstić information content (AvgIpc) is 2.88. The molecule has 0 atom stereocenters. The van der Waals surface area contributed by atoms with Crippen LogP contribution in [0.3, 0.4) is 0 Å². The van der Waals surface area contributed by atoms with Crippen molar-refractivity contribution in [1.29, 1.82) is 0 Å². The molecule has 0 radical (unpaired) electrons. The van der Waals surface area contributed by atoms with Crippen molar-refractivity contribution in [1.82, 2.24) is 0 Å². The molecule has 0 aliphatic heterocycles. The van der Waals surface area contributed by atoms with E-state index in [0.717, 1.165) is 38.2 Å². The van der Waals surface area contributed by atoms with E-state index in [1.165, 1.54) is 13.2 Å². The largest absolute Gasteiger partial charge is 0.466 e. The number of esters is 1. The Labute approximate surface area is 194 Å². The summed E-state index contributed by atoms with van der Waals surface area (Å²) in [6.45, 7) is 2.03. The Morgan fingerprint density at radius 3 is 1.94 bits per heavy atom. The second-order valence-electron chi connectivity index (χ2n) is 7.69. The first-order valence-corrected chi connectivity index (χ1v) is 12.4. The van der Waals surface area contributed by atoms with Gasteiger partial charge < -0.3 is 9.30 Å². The number of aryl methyl sites for hydroxylation is 1. The number of rotatable bonds is 6. The van der Waals surface area contributed by atoms with E-state index in [1.807, 2.05) is 110 Å². The SMILES string of the molecule is COC(=O)/C=C/c1cccc(C)c1-c1ccccc1P(=O)(c1ccccc1)c1ccccc1. The van der Waals surface area contributed by atoms with Crippen molar-refractivity contribution in [2.24, 2.45) is 0 Å². The van der Waals surface area contributed by atoms with Gasteiger partial charge in [0.25, 0.3) is 0 Å². The highest BCUT2D eigenvalue weighted by Crippen LogP contribution is 2.46. The average molecular weight is 452 g/mol. The van der Waals surface area contributed by atoms with E-state index in [-0.39, 0.29) is 0 Å². The summed E-state index contributed by atoms with van der Waals surface area (Å²) < 4.78 is 19.8. The van der Waals surface area contributed by atoms with Crippen molar-refractivity contribution in [3.63, 3.8) is 0 Å². The van der Waals surface area contributed by atoms with Gasteiger partial charge in [-0.15, -0.1) is 0 Å². The van der Waals surface area contributed by atoms with Crippen LogP contribution < -0.4 is 15.9 Å².